The van der Waals surface area contributed by atoms with Gasteiger partial charge >= 0.3 is 0 Å². The maximum Gasteiger partial charge on any atom is 0.259 e. The summed E-state index contributed by atoms with van der Waals surface area (Å²) in [5.74, 6) is 0.188. The smallest absolute Gasteiger partial charge is 0.259 e. The highest BCUT2D eigenvalue weighted by Gasteiger charge is 2.25. The maximum absolute atomic E-state index is 12.5. The molecule has 1 heterocycles. The number of carbonyl (C=O) groups excluding carboxylic acids is 2. The van der Waals surface area contributed by atoms with Gasteiger partial charge in [0, 0.05) is 20.6 Å². The number of hydrogen-bond acceptors (Lipinski definition) is 4. The molecule has 106 valence electrons. The van der Waals surface area contributed by atoms with Crippen molar-refractivity contribution in [2.75, 3.05) is 27.2 Å². The summed E-state index contributed by atoms with van der Waals surface area (Å²) in [4.78, 5) is 27.1. The van der Waals surface area contributed by atoms with Crippen LogP contribution < -0.4 is 0 Å². The molecule has 1 rings (SSSR count). The number of nitrogens with zero attached hydrogens (tertiary/aromatic N) is 3. The van der Waals surface area contributed by atoms with Crippen LogP contribution in [0.1, 0.15) is 35.7 Å². The van der Waals surface area contributed by atoms with Crippen molar-refractivity contribution in [3.05, 3.63) is 17.0 Å². The molecule has 2 amide bonds. The first kappa shape index (κ1) is 15.2. The monoisotopic (exact) mass is 267 g/mol. The Bertz CT molecular complexity index is 466. The first-order valence-electron chi connectivity index (χ1n) is 6.36. The molecule has 19 heavy (non-hydrogen) atoms. The topological polar surface area (TPSA) is 66.7 Å². The third-order valence-corrected chi connectivity index (χ3v) is 2.98. The molecule has 0 aliphatic carbocycles. The molecule has 0 aromatic carbocycles. The van der Waals surface area contributed by atoms with E-state index >= 15 is 0 Å². The minimum atomic E-state index is -0.201. The lowest BCUT2D eigenvalue weighted by Gasteiger charge is -2.22. The summed E-state index contributed by atoms with van der Waals surface area (Å²) in [5, 5.41) is 3.87. The van der Waals surface area contributed by atoms with Crippen molar-refractivity contribution in [2.24, 2.45) is 0 Å². The number of amides is 2. The van der Waals surface area contributed by atoms with Crippen LogP contribution in [0.25, 0.3) is 0 Å². The molecule has 1 aromatic heterocycles. The molecule has 0 fully saturated rings. The first-order valence-corrected chi connectivity index (χ1v) is 6.36. The SMILES string of the molecule is CCc1noc(C)c1C(=O)N(CC)CC(=O)N(C)C. The zero-order valence-corrected chi connectivity index (χ0v) is 12.2. The van der Waals surface area contributed by atoms with Crippen LogP contribution >= 0.6 is 0 Å². The largest absolute Gasteiger partial charge is 0.361 e. The van der Waals surface area contributed by atoms with Crippen molar-refractivity contribution in [1.82, 2.24) is 15.0 Å². The van der Waals surface area contributed by atoms with Crippen LogP contribution in [0.3, 0.4) is 0 Å². The summed E-state index contributed by atoms with van der Waals surface area (Å²) in [6, 6.07) is 0. The van der Waals surface area contributed by atoms with Gasteiger partial charge in [-0.25, -0.2) is 0 Å². The molecule has 0 aliphatic rings. The van der Waals surface area contributed by atoms with E-state index in [1.54, 1.807) is 21.0 Å². The molecule has 0 atom stereocenters. The lowest BCUT2D eigenvalue weighted by molar-refractivity contribution is -0.129. The Hall–Kier alpha value is -1.85. The van der Waals surface area contributed by atoms with Gasteiger partial charge in [-0.3, -0.25) is 9.59 Å². The molecule has 0 spiro atoms. The van der Waals surface area contributed by atoms with Crippen LogP contribution in [0, 0.1) is 6.92 Å². The van der Waals surface area contributed by atoms with E-state index < -0.39 is 0 Å². The number of aryl methyl sites for hydroxylation is 2. The number of aromatic nitrogens is 1. The van der Waals surface area contributed by atoms with E-state index in [-0.39, 0.29) is 18.4 Å². The average molecular weight is 267 g/mol. The highest BCUT2D eigenvalue weighted by atomic mass is 16.5. The second kappa shape index (κ2) is 6.36. The van der Waals surface area contributed by atoms with Crippen molar-refractivity contribution in [3.8, 4) is 0 Å². The van der Waals surface area contributed by atoms with Gasteiger partial charge in [0.2, 0.25) is 5.91 Å². The predicted octanol–water partition coefficient (Wildman–Crippen LogP) is 1.10. The van der Waals surface area contributed by atoms with Crippen LogP contribution in [-0.4, -0.2) is 54.0 Å². The van der Waals surface area contributed by atoms with E-state index in [4.69, 9.17) is 4.52 Å². The minimum absolute atomic E-state index is 0.0656. The Morgan fingerprint density at radius 1 is 1.26 bits per heavy atom. The quantitative estimate of drug-likeness (QED) is 0.801. The van der Waals surface area contributed by atoms with E-state index in [2.05, 4.69) is 5.16 Å². The second-order valence-electron chi connectivity index (χ2n) is 4.52. The molecule has 0 radical (unpaired) electrons. The van der Waals surface area contributed by atoms with Crippen molar-refractivity contribution >= 4 is 11.8 Å². The summed E-state index contributed by atoms with van der Waals surface area (Å²) in [7, 11) is 3.34. The van der Waals surface area contributed by atoms with Gasteiger partial charge in [-0.05, 0) is 20.3 Å². The molecule has 1 aromatic rings. The van der Waals surface area contributed by atoms with Crippen LogP contribution in [0.15, 0.2) is 4.52 Å². The van der Waals surface area contributed by atoms with Crippen molar-refractivity contribution in [2.45, 2.75) is 27.2 Å². The normalized spacial score (nSPS) is 10.4. The summed E-state index contributed by atoms with van der Waals surface area (Å²) in [6.45, 7) is 5.99. The van der Waals surface area contributed by atoms with Crippen molar-refractivity contribution in [3.63, 3.8) is 0 Å². The fourth-order valence-electron chi connectivity index (χ4n) is 1.72. The molecule has 6 heteroatoms. The van der Waals surface area contributed by atoms with Crippen molar-refractivity contribution in [1.29, 1.82) is 0 Å². The lowest BCUT2D eigenvalue weighted by Crippen LogP contribution is -2.40. The molecule has 0 bridgehead atoms. The fourth-order valence-corrected chi connectivity index (χ4v) is 1.72. The summed E-state index contributed by atoms with van der Waals surface area (Å²) in [5.41, 5.74) is 1.12. The third-order valence-electron chi connectivity index (χ3n) is 2.98. The maximum atomic E-state index is 12.5. The van der Waals surface area contributed by atoms with Gasteiger partial charge < -0.3 is 14.3 Å². The van der Waals surface area contributed by atoms with E-state index in [0.29, 0.717) is 30.0 Å². The van der Waals surface area contributed by atoms with E-state index in [1.807, 2.05) is 13.8 Å². The molecule has 0 saturated heterocycles. The van der Waals surface area contributed by atoms with Crippen LogP contribution in [0.4, 0.5) is 0 Å². The highest BCUT2D eigenvalue weighted by molar-refractivity contribution is 5.98. The lowest BCUT2D eigenvalue weighted by atomic mass is 10.1. The summed E-state index contributed by atoms with van der Waals surface area (Å²) >= 11 is 0. The Morgan fingerprint density at radius 3 is 2.37 bits per heavy atom. The van der Waals surface area contributed by atoms with Crippen LogP contribution in [0.5, 0.6) is 0 Å². The number of hydrogen-bond donors (Lipinski definition) is 0. The van der Waals surface area contributed by atoms with Gasteiger partial charge in [0.1, 0.15) is 11.3 Å². The zero-order chi connectivity index (χ0) is 14.6. The first-order chi connectivity index (χ1) is 8.92. The standard InChI is InChI=1S/C13H21N3O3/c1-6-10-12(9(3)19-14-10)13(18)16(7-2)8-11(17)15(4)5/h6-8H2,1-5H3. The third kappa shape index (κ3) is 3.33. The predicted molar refractivity (Wildman–Crippen MR) is 70.9 cm³/mol. The van der Waals surface area contributed by atoms with Gasteiger partial charge in [0.25, 0.3) is 5.91 Å². The second-order valence-corrected chi connectivity index (χ2v) is 4.52. The Labute approximate surface area is 113 Å². The Kier molecular flexibility index (Phi) is 5.09. The van der Waals surface area contributed by atoms with E-state index in [1.165, 1.54) is 9.80 Å². The number of likely N-dealkylation sites (N-methyl/N-ethyl adjacent to an activating group) is 2. The molecule has 6 nitrogen and oxygen atoms in total. The van der Waals surface area contributed by atoms with Crippen LogP contribution in [-0.2, 0) is 11.2 Å². The van der Waals surface area contributed by atoms with Gasteiger partial charge in [-0.15, -0.1) is 0 Å². The van der Waals surface area contributed by atoms with Crippen molar-refractivity contribution < 1.29 is 14.1 Å². The molecule has 0 saturated carbocycles. The molecular formula is C13H21N3O3. The van der Waals surface area contributed by atoms with Gasteiger partial charge in [0.05, 0.1) is 12.2 Å². The Morgan fingerprint density at radius 2 is 1.89 bits per heavy atom. The molecule has 0 aliphatic heterocycles. The summed E-state index contributed by atoms with van der Waals surface area (Å²) < 4.78 is 5.06. The molecular weight excluding hydrogens is 246 g/mol. The van der Waals surface area contributed by atoms with Gasteiger partial charge in [0.15, 0.2) is 0 Å². The number of rotatable bonds is 5. The minimum Gasteiger partial charge on any atom is -0.361 e. The zero-order valence-electron chi connectivity index (χ0n) is 12.2. The fraction of sp³-hybridized carbons (Fsp3) is 0.615. The highest BCUT2D eigenvalue weighted by Crippen LogP contribution is 2.16. The molecule has 0 N–H and O–H groups in total. The van der Waals surface area contributed by atoms with E-state index in [9.17, 15) is 9.59 Å². The average Bonchev–Trinajstić information content (AvgIpc) is 2.75. The Balaban J connectivity index is 2.95. The van der Waals surface area contributed by atoms with E-state index in [0.717, 1.165) is 0 Å². The van der Waals surface area contributed by atoms with Crippen LogP contribution in [0.2, 0.25) is 0 Å². The summed E-state index contributed by atoms with van der Waals surface area (Å²) in [6.07, 6.45) is 0.623. The van der Waals surface area contributed by atoms with Gasteiger partial charge in [-0.2, -0.15) is 0 Å². The number of carbonyl (C=O) groups is 2. The molecule has 0 unspecified atom stereocenters. The van der Waals surface area contributed by atoms with Gasteiger partial charge in [-0.1, -0.05) is 12.1 Å².